The molecule has 3 fully saturated rings. The number of nitrogens with zero attached hydrogens (tertiary/aromatic N) is 3. The fourth-order valence-electron chi connectivity index (χ4n) is 8.37. The number of aliphatic hydroxyl groups excluding tert-OH is 1. The van der Waals surface area contributed by atoms with Crippen molar-refractivity contribution in [3.8, 4) is 5.75 Å². The maximum atomic E-state index is 14.7. The SMILES string of the molecule is CCOc1ccc(N2CC=C[C@@]3(C)S[C@]45C=CCN(C6CCCCC6)C(=O)C4N(CCCCCCO)C(=O)[C@@H]5[C@H]3C2=O)cc1. The van der Waals surface area contributed by atoms with Crippen LogP contribution in [0.25, 0.3) is 0 Å². The number of amides is 3. The molecule has 5 atom stereocenters. The van der Waals surface area contributed by atoms with E-state index < -0.39 is 27.4 Å². The molecular formula is C35H47N3O5S. The number of anilines is 1. The minimum atomic E-state index is -0.816. The molecule has 3 amide bonds. The van der Waals surface area contributed by atoms with Gasteiger partial charge >= 0.3 is 0 Å². The largest absolute Gasteiger partial charge is 0.494 e. The zero-order valence-electron chi connectivity index (χ0n) is 26.2. The second-order valence-corrected chi connectivity index (χ2v) is 14.9. The molecule has 9 heteroatoms. The van der Waals surface area contributed by atoms with E-state index in [-0.39, 0.29) is 30.4 Å². The van der Waals surface area contributed by atoms with E-state index in [1.807, 2.05) is 47.1 Å². The lowest BCUT2D eigenvalue weighted by molar-refractivity contribution is -0.144. The van der Waals surface area contributed by atoms with Crippen LogP contribution in [-0.4, -0.2) is 87.1 Å². The number of carbonyl (C=O) groups is 3. The molecule has 1 aromatic carbocycles. The Morgan fingerprint density at radius 1 is 0.886 bits per heavy atom. The third-order valence-electron chi connectivity index (χ3n) is 10.4. The van der Waals surface area contributed by atoms with Crippen molar-refractivity contribution in [2.24, 2.45) is 11.8 Å². The lowest BCUT2D eigenvalue weighted by Crippen LogP contribution is -2.55. The zero-order chi connectivity index (χ0) is 30.9. The van der Waals surface area contributed by atoms with Crippen LogP contribution in [-0.2, 0) is 14.4 Å². The van der Waals surface area contributed by atoms with Crippen LogP contribution in [0.2, 0.25) is 0 Å². The van der Waals surface area contributed by atoms with E-state index in [9.17, 15) is 19.5 Å². The van der Waals surface area contributed by atoms with Crippen LogP contribution in [0.4, 0.5) is 5.69 Å². The molecule has 1 aliphatic carbocycles. The molecule has 2 saturated heterocycles. The molecule has 5 aliphatic rings. The van der Waals surface area contributed by atoms with Gasteiger partial charge in [-0.25, -0.2) is 0 Å². The summed E-state index contributed by atoms with van der Waals surface area (Å²) < 4.78 is 4.18. The van der Waals surface area contributed by atoms with Gasteiger partial charge < -0.3 is 24.5 Å². The number of unbranched alkanes of at least 4 members (excludes halogenated alkanes) is 3. The average Bonchev–Trinajstić information content (AvgIpc) is 3.28. The summed E-state index contributed by atoms with van der Waals surface area (Å²) in [6, 6.07) is 7.14. The van der Waals surface area contributed by atoms with Gasteiger partial charge in [0, 0.05) is 42.7 Å². The van der Waals surface area contributed by atoms with Gasteiger partial charge in [-0.15, -0.1) is 11.8 Å². The Hall–Kier alpha value is -2.78. The minimum absolute atomic E-state index is 0.0421. The summed E-state index contributed by atoms with van der Waals surface area (Å²) in [4.78, 5) is 49.7. The molecule has 8 nitrogen and oxygen atoms in total. The Labute approximate surface area is 265 Å². The summed E-state index contributed by atoms with van der Waals surface area (Å²) in [5.74, 6) is -0.583. The molecular weight excluding hydrogens is 574 g/mol. The van der Waals surface area contributed by atoms with Crippen molar-refractivity contribution < 1.29 is 24.2 Å². The Bertz CT molecular complexity index is 1290. The quantitative estimate of drug-likeness (QED) is 0.294. The Balaban J connectivity index is 1.37. The molecule has 0 radical (unpaired) electrons. The van der Waals surface area contributed by atoms with Gasteiger partial charge in [-0.05, 0) is 63.8 Å². The fourth-order valence-corrected chi connectivity index (χ4v) is 10.5. The standard InChI is InChI=1S/C35H47N3O5S/c1-3-43-27-17-15-26(16-18-27)36-22-11-19-34(2)28(31(36)40)29-32(41)38(21-9-4-5-10-24-39)30-33(42)37(25-13-7-6-8-14-25)23-12-20-35(29,30)44-34/h11-12,15-20,25,28-30,39H,3-10,13-14,21-24H2,1-2H3/t28-,29-,30?,34+,35-/m0/s1. The predicted octanol–water partition coefficient (Wildman–Crippen LogP) is 4.96. The Morgan fingerprint density at radius 3 is 2.34 bits per heavy atom. The van der Waals surface area contributed by atoms with E-state index in [0.29, 0.717) is 26.2 Å². The van der Waals surface area contributed by atoms with E-state index in [2.05, 4.69) is 25.2 Å². The van der Waals surface area contributed by atoms with E-state index >= 15 is 0 Å². The summed E-state index contributed by atoms with van der Waals surface area (Å²) in [5, 5.41) is 9.25. The highest BCUT2D eigenvalue weighted by atomic mass is 32.2. The molecule has 6 rings (SSSR count). The smallest absolute Gasteiger partial charge is 0.247 e. The van der Waals surface area contributed by atoms with Crippen molar-refractivity contribution >= 4 is 35.2 Å². The molecule has 238 valence electrons. The molecule has 0 aromatic heterocycles. The topological polar surface area (TPSA) is 90.4 Å². The van der Waals surface area contributed by atoms with Crippen molar-refractivity contribution in [1.29, 1.82) is 0 Å². The van der Waals surface area contributed by atoms with Gasteiger partial charge in [0.2, 0.25) is 17.7 Å². The molecule has 4 aliphatic heterocycles. The molecule has 1 saturated carbocycles. The van der Waals surface area contributed by atoms with Crippen LogP contribution in [0.3, 0.4) is 0 Å². The van der Waals surface area contributed by atoms with Crippen molar-refractivity contribution in [3.05, 3.63) is 48.6 Å². The first kappa shape index (κ1) is 31.2. The van der Waals surface area contributed by atoms with Gasteiger partial charge in [-0.1, -0.05) is 56.4 Å². The number of ether oxygens (including phenoxy) is 1. The molecule has 44 heavy (non-hydrogen) atoms. The summed E-state index contributed by atoms with van der Waals surface area (Å²) >= 11 is 1.66. The van der Waals surface area contributed by atoms with E-state index in [1.54, 1.807) is 16.7 Å². The summed E-state index contributed by atoms with van der Waals surface area (Å²) in [6.07, 6.45) is 17.1. The zero-order valence-corrected chi connectivity index (χ0v) is 27.0. The lowest BCUT2D eigenvalue weighted by Gasteiger charge is -2.40. The van der Waals surface area contributed by atoms with Crippen LogP contribution in [0, 0.1) is 11.8 Å². The second kappa shape index (κ2) is 12.9. The molecule has 0 bridgehead atoms. The number of hydrogen-bond acceptors (Lipinski definition) is 6. The third kappa shape index (κ3) is 5.38. The first-order valence-electron chi connectivity index (χ1n) is 16.7. The van der Waals surface area contributed by atoms with Gasteiger partial charge in [-0.3, -0.25) is 14.4 Å². The number of hydrogen-bond donors (Lipinski definition) is 1. The van der Waals surface area contributed by atoms with Crippen LogP contribution >= 0.6 is 11.8 Å². The van der Waals surface area contributed by atoms with Crippen molar-refractivity contribution in [1.82, 2.24) is 9.80 Å². The maximum absolute atomic E-state index is 14.7. The van der Waals surface area contributed by atoms with Crippen LogP contribution in [0.5, 0.6) is 5.75 Å². The third-order valence-corrected chi connectivity index (χ3v) is 12.2. The monoisotopic (exact) mass is 621 g/mol. The summed E-state index contributed by atoms with van der Waals surface area (Å²) in [7, 11) is 0. The van der Waals surface area contributed by atoms with Gasteiger partial charge in [0.1, 0.15) is 11.8 Å². The molecule has 1 N–H and O–H groups in total. The normalized spacial score (nSPS) is 32.0. The number of likely N-dealkylation sites (tertiary alicyclic amines) is 1. The van der Waals surface area contributed by atoms with Gasteiger partial charge in [0.25, 0.3) is 0 Å². The number of thioether (sulfide) groups is 1. The molecule has 1 spiro atoms. The first-order chi connectivity index (χ1) is 21.3. The lowest BCUT2D eigenvalue weighted by atomic mass is 9.74. The number of benzene rings is 1. The van der Waals surface area contributed by atoms with Gasteiger partial charge in [0.05, 0.1) is 23.2 Å². The maximum Gasteiger partial charge on any atom is 0.247 e. The van der Waals surface area contributed by atoms with E-state index in [1.165, 1.54) is 6.42 Å². The fraction of sp³-hybridized carbons (Fsp3) is 0.629. The molecule has 4 heterocycles. The highest BCUT2D eigenvalue weighted by Crippen LogP contribution is 2.65. The molecule has 1 aromatic rings. The predicted molar refractivity (Wildman–Crippen MR) is 174 cm³/mol. The second-order valence-electron chi connectivity index (χ2n) is 13.1. The molecule has 1 unspecified atom stereocenters. The van der Waals surface area contributed by atoms with Crippen LogP contribution in [0.1, 0.15) is 71.6 Å². The van der Waals surface area contributed by atoms with Crippen LogP contribution in [0.15, 0.2) is 48.6 Å². The summed E-state index contributed by atoms with van der Waals surface area (Å²) in [5.41, 5.74) is 0.775. The van der Waals surface area contributed by atoms with Crippen molar-refractivity contribution in [2.45, 2.75) is 93.2 Å². The Morgan fingerprint density at radius 2 is 1.61 bits per heavy atom. The van der Waals surface area contributed by atoms with Gasteiger partial charge in [-0.2, -0.15) is 0 Å². The van der Waals surface area contributed by atoms with Crippen LogP contribution < -0.4 is 9.64 Å². The highest BCUT2D eigenvalue weighted by Gasteiger charge is 2.74. The van der Waals surface area contributed by atoms with Crippen molar-refractivity contribution in [3.63, 3.8) is 0 Å². The average molecular weight is 622 g/mol. The number of fused-ring (bicyclic) bond motifs is 2. The number of aliphatic hydroxyl groups is 1. The van der Waals surface area contributed by atoms with E-state index in [4.69, 9.17) is 4.74 Å². The first-order valence-corrected chi connectivity index (χ1v) is 17.5. The van der Waals surface area contributed by atoms with Crippen molar-refractivity contribution in [2.75, 3.05) is 37.7 Å². The Kier molecular flexibility index (Phi) is 9.16. The number of carbonyl (C=O) groups excluding carboxylic acids is 3. The number of rotatable bonds is 10. The van der Waals surface area contributed by atoms with E-state index in [0.717, 1.165) is 62.8 Å². The summed E-state index contributed by atoms with van der Waals surface area (Å²) in [6.45, 7) is 6.22. The van der Waals surface area contributed by atoms with Gasteiger partial charge in [0.15, 0.2) is 0 Å². The minimum Gasteiger partial charge on any atom is -0.494 e. The highest BCUT2D eigenvalue weighted by molar-refractivity contribution is 8.02.